The number of benzene rings is 1. The number of hydrogen-bond acceptors (Lipinski definition) is 3. The number of amides is 1. The molecule has 0 saturated carbocycles. The Morgan fingerprint density at radius 2 is 1.96 bits per heavy atom. The molecule has 0 aliphatic rings. The van der Waals surface area contributed by atoms with Gasteiger partial charge in [-0.2, -0.15) is 0 Å². The second-order valence-corrected chi connectivity index (χ2v) is 6.56. The Morgan fingerprint density at radius 3 is 2.71 bits per heavy atom. The second kappa shape index (κ2) is 7.64. The lowest BCUT2D eigenvalue weighted by molar-refractivity contribution is -0.121. The molecule has 1 amide bonds. The van der Waals surface area contributed by atoms with Crippen LogP contribution in [0.1, 0.15) is 5.82 Å². The molecule has 0 fully saturated rings. The summed E-state index contributed by atoms with van der Waals surface area (Å²) in [4.78, 5) is 21.2. The van der Waals surface area contributed by atoms with E-state index in [1.165, 1.54) is 12.1 Å². The number of imidazole rings is 1. The van der Waals surface area contributed by atoms with E-state index in [4.69, 9.17) is 0 Å². The van der Waals surface area contributed by atoms with Gasteiger partial charge in [0.1, 0.15) is 23.8 Å². The number of aromatic nitrogens is 4. The first kappa shape index (κ1) is 17.9. The van der Waals surface area contributed by atoms with E-state index < -0.39 is 0 Å². The molecular formula is C21H20FN5O. The van der Waals surface area contributed by atoms with Crippen molar-refractivity contribution in [1.82, 2.24) is 24.4 Å². The number of hydrogen-bond donors (Lipinski definition) is 1. The number of nitrogens with zero attached hydrogens (tertiary/aromatic N) is 4. The number of carbonyl (C=O) groups excluding carboxylic acids is 1. The minimum Gasteiger partial charge on any atom is -0.353 e. The predicted octanol–water partition coefficient (Wildman–Crippen LogP) is 3.16. The van der Waals surface area contributed by atoms with Gasteiger partial charge in [0.05, 0.1) is 5.69 Å². The molecule has 4 aromatic rings. The van der Waals surface area contributed by atoms with Crippen LogP contribution in [0.15, 0.2) is 61.1 Å². The molecule has 4 rings (SSSR count). The van der Waals surface area contributed by atoms with Gasteiger partial charge in [0, 0.05) is 37.1 Å². The summed E-state index contributed by atoms with van der Waals surface area (Å²) < 4.78 is 17.2. The minimum atomic E-state index is -0.294. The van der Waals surface area contributed by atoms with Crippen LogP contribution in [0.4, 0.5) is 4.39 Å². The van der Waals surface area contributed by atoms with Crippen LogP contribution in [0.25, 0.3) is 22.3 Å². The highest BCUT2D eigenvalue weighted by atomic mass is 19.1. The summed E-state index contributed by atoms with van der Waals surface area (Å²) in [5, 5.41) is 3.88. The van der Waals surface area contributed by atoms with Crippen LogP contribution in [-0.2, 0) is 17.9 Å². The SMILES string of the molecule is Cc1nccn1CCNC(=O)Cn1c(-c2ccc(F)cc2)cc2cccnc21. The number of carbonyl (C=O) groups is 1. The molecule has 0 aliphatic heterocycles. The van der Waals surface area contributed by atoms with Crippen molar-refractivity contribution in [1.29, 1.82) is 0 Å². The summed E-state index contributed by atoms with van der Waals surface area (Å²) in [7, 11) is 0. The number of aryl methyl sites for hydroxylation is 1. The van der Waals surface area contributed by atoms with Gasteiger partial charge in [-0.05, 0) is 55.0 Å². The average Bonchev–Trinajstić information content (AvgIpc) is 3.26. The summed E-state index contributed by atoms with van der Waals surface area (Å²) in [6, 6.07) is 12.0. The van der Waals surface area contributed by atoms with Gasteiger partial charge >= 0.3 is 0 Å². The quantitative estimate of drug-likeness (QED) is 0.561. The van der Waals surface area contributed by atoms with Gasteiger partial charge in [-0.3, -0.25) is 4.79 Å². The normalized spacial score (nSPS) is 11.1. The van der Waals surface area contributed by atoms with Crippen molar-refractivity contribution in [3.05, 3.63) is 72.7 Å². The van der Waals surface area contributed by atoms with E-state index >= 15 is 0 Å². The number of nitrogens with one attached hydrogen (secondary N) is 1. The molecule has 6 nitrogen and oxygen atoms in total. The van der Waals surface area contributed by atoms with Crippen LogP contribution in [0.2, 0.25) is 0 Å². The Balaban J connectivity index is 1.55. The minimum absolute atomic E-state index is 0.107. The van der Waals surface area contributed by atoms with E-state index in [1.54, 1.807) is 24.5 Å². The van der Waals surface area contributed by atoms with E-state index in [9.17, 15) is 9.18 Å². The van der Waals surface area contributed by atoms with Gasteiger partial charge < -0.3 is 14.5 Å². The van der Waals surface area contributed by atoms with Crippen LogP contribution in [0.5, 0.6) is 0 Å². The standard InChI is InChI=1S/C21H20FN5O/c1-15-23-9-11-26(15)12-10-24-20(28)14-27-19(16-4-6-18(22)7-5-16)13-17-3-2-8-25-21(17)27/h2-9,11,13H,10,12,14H2,1H3,(H,24,28). The molecular weight excluding hydrogens is 357 g/mol. The Morgan fingerprint density at radius 1 is 1.14 bits per heavy atom. The van der Waals surface area contributed by atoms with E-state index in [2.05, 4.69) is 15.3 Å². The van der Waals surface area contributed by atoms with E-state index in [0.29, 0.717) is 13.1 Å². The summed E-state index contributed by atoms with van der Waals surface area (Å²) in [5.41, 5.74) is 2.39. The van der Waals surface area contributed by atoms with Crippen molar-refractivity contribution in [3.8, 4) is 11.3 Å². The molecule has 142 valence electrons. The third-order valence-electron chi connectivity index (χ3n) is 4.70. The highest BCUT2D eigenvalue weighted by molar-refractivity contribution is 5.87. The Hall–Kier alpha value is -3.48. The van der Waals surface area contributed by atoms with Crippen molar-refractivity contribution < 1.29 is 9.18 Å². The van der Waals surface area contributed by atoms with E-state index in [1.807, 2.05) is 40.5 Å². The molecule has 0 radical (unpaired) electrons. The monoisotopic (exact) mass is 377 g/mol. The van der Waals surface area contributed by atoms with Crippen molar-refractivity contribution in [2.75, 3.05) is 6.54 Å². The molecule has 0 aliphatic carbocycles. The number of pyridine rings is 1. The fourth-order valence-corrected chi connectivity index (χ4v) is 3.26. The molecule has 0 unspecified atom stereocenters. The highest BCUT2D eigenvalue weighted by Crippen LogP contribution is 2.27. The molecule has 28 heavy (non-hydrogen) atoms. The summed E-state index contributed by atoms with van der Waals surface area (Å²) in [5.74, 6) is 0.509. The predicted molar refractivity (Wildman–Crippen MR) is 105 cm³/mol. The van der Waals surface area contributed by atoms with Crippen LogP contribution < -0.4 is 5.32 Å². The second-order valence-electron chi connectivity index (χ2n) is 6.56. The summed E-state index contributed by atoms with van der Waals surface area (Å²) >= 11 is 0. The Kier molecular flexibility index (Phi) is 4.89. The number of rotatable bonds is 6. The fraction of sp³-hybridized carbons (Fsp3) is 0.190. The van der Waals surface area contributed by atoms with E-state index in [-0.39, 0.29) is 18.3 Å². The maximum absolute atomic E-state index is 13.3. The number of halogens is 1. The lowest BCUT2D eigenvalue weighted by atomic mass is 10.1. The lowest BCUT2D eigenvalue weighted by Gasteiger charge is -2.12. The molecule has 1 N–H and O–H groups in total. The summed E-state index contributed by atoms with van der Waals surface area (Å²) in [6.07, 6.45) is 5.33. The van der Waals surface area contributed by atoms with Gasteiger partial charge in [-0.1, -0.05) is 0 Å². The van der Waals surface area contributed by atoms with Gasteiger partial charge in [-0.25, -0.2) is 14.4 Å². The van der Waals surface area contributed by atoms with Gasteiger partial charge in [0.15, 0.2) is 0 Å². The molecule has 0 bridgehead atoms. The number of fused-ring (bicyclic) bond motifs is 1. The zero-order valence-electron chi connectivity index (χ0n) is 15.5. The highest BCUT2D eigenvalue weighted by Gasteiger charge is 2.14. The summed E-state index contributed by atoms with van der Waals surface area (Å²) in [6.45, 7) is 3.23. The first-order chi connectivity index (χ1) is 13.6. The Bertz CT molecular complexity index is 1110. The van der Waals surface area contributed by atoms with Crippen molar-refractivity contribution in [2.24, 2.45) is 0 Å². The maximum atomic E-state index is 13.3. The molecule has 0 atom stereocenters. The van der Waals surface area contributed by atoms with Gasteiger partial charge in [0.2, 0.25) is 5.91 Å². The lowest BCUT2D eigenvalue weighted by Crippen LogP contribution is -2.30. The van der Waals surface area contributed by atoms with Crippen LogP contribution in [0, 0.1) is 12.7 Å². The first-order valence-corrected chi connectivity index (χ1v) is 9.06. The van der Waals surface area contributed by atoms with Gasteiger partial charge in [0.25, 0.3) is 0 Å². The van der Waals surface area contributed by atoms with Crippen molar-refractivity contribution in [2.45, 2.75) is 20.0 Å². The molecule has 0 spiro atoms. The molecule has 0 saturated heterocycles. The third-order valence-corrected chi connectivity index (χ3v) is 4.70. The zero-order chi connectivity index (χ0) is 19.5. The largest absolute Gasteiger partial charge is 0.353 e. The van der Waals surface area contributed by atoms with E-state index in [0.717, 1.165) is 28.1 Å². The average molecular weight is 377 g/mol. The molecule has 3 aromatic heterocycles. The van der Waals surface area contributed by atoms with Crippen LogP contribution >= 0.6 is 0 Å². The van der Waals surface area contributed by atoms with Crippen molar-refractivity contribution in [3.63, 3.8) is 0 Å². The molecule has 3 heterocycles. The van der Waals surface area contributed by atoms with Crippen molar-refractivity contribution >= 4 is 16.9 Å². The smallest absolute Gasteiger partial charge is 0.240 e. The first-order valence-electron chi connectivity index (χ1n) is 9.06. The molecule has 1 aromatic carbocycles. The zero-order valence-corrected chi connectivity index (χ0v) is 15.5. The maximum Gasteiger partial charge on any atom is 0.240 e. The topological polar surface area (TPSA) is 64.7 Å². The fourth-order valence-electron chi connectivity index (χ4n) is 3.26. The third kappa shape index (κ3) is 3.64. The van der Waals surface area contributed by atoms with Crippen LogP contribution in [-0.4, -0.2) is 31.6 Å². The van der Waals surface area contributed by atoms with Crippen LogP contribution in [0.3, 0.4) is 0 Å². The van der Waals surface area contributed by atoms with Gasteiger partial charge in [-0.15, -0.1) is 0 Å². The Labute approximate surface area is 161 Å². The molecule has 7 heteroatoms.